The third kappa shape index (κ3) is 7.30. The van der Waals surface area contributed by atoms with Crippen LogP contribution in [0.2, 0.25) is 12.1 Å². The predicted molar refractivity (Wildman–Crippen MR) is 202 cm³/mol. The summed E-state index contributed by atoms with van der Waals surface area (Å²) < 4.78 is 2.08. The van der Waals surface area contributed by atoms with Crippen LogP contribution in [0.15, 0.2) is 44.0 Å². The largest absolute Gasteiger partial charge is 0.192 e. The highest BCUT2D eigenvalue weighted by Gasteiger charge is 2.47. The molecule has 0 atom stereocenters. The van der Waals surface area contributed by atoms with Gasteiger partial charge in [-0.05, 0) is 103 Å². The molecule has 0 saturated carbocycles. The Morgan fingerprint density at radius 2 is 1.12 bits per heavy atom. The summed E-state index contributed by atoms with van der Waals surface area (Å²) in [5.74, 6) is 0. The lowest BCUT2D eigenvalue weighted by Gasteiger charge is -2.29. The summed E-state index contributed by atoms with van der Waals surface area (Å²) >= 11 is 14.0. The Balaban J connectivity index is 1.62. The van der Waals surface area contributed by atoms with Crippen molar-refractivity contribution in [3.63, 3.8) is 0 Å². The summed E-state index contributed by atoms with van der Waals surface area (Å²) in [4.78, 5) is 7.21. The quantitative estimate of drug-likeness (QED) is 0.0726. The van der Waals surface area contributed by atoms with E-state index in [4.69, 9.17) is 0 Å². The SMILES string of the molecule is CCCCCC[Si]1(CCCCCC)c2cc(/C=C(\C#N)c3ccc(Br)s3)sc2-c2sc(/C=C(\C#N)c3ccc(Br)s3)cc21. The molecule has 43 heavy (non-hydrogen) atoms. The summed E-state index contributed by atoms with van der Waals surface area (Å²) in [7, 11) is -2.02. The minimum absolute atomic E-state index is 0.726. The molecule has 5 heterocycles. The molecule has 0 saturated heterocycles. The highest BCUT2D eigenvalue weighted by Crippen LogP contribution is 2.45. The molecule has 4 aromatic rings. The molecule has 0 aromatic carbocycles. The van der Waals surface area contributed by atoms with Crippen molar-refractivity contribution in [2.24, 2.45) is 0 Å². The highest BCUT2D eigenvalue weighted by atomic mass is 79.9. The van der Waals surface area contributed by atoms with Crippen molar-refractivity contribution in [3.8, 4) is 21.9 Å². The van der Waals surface area contributed by atoms with Crippen molar-refractivity contribution >= 4 is 119 Å². The van der Waals surface area contributed by atoms with Crippen molar-refractivity contribution in [1.29, 1.82) is 10.5 Å². The van der Waals surface area contributed by atoms with Gasteiger partial charge in [0.1, 0.15) is 20.2 Å². The van der Waals surface area contributed by atoms with Gasteiger partial charge in [0.05, 0.1) is 18.7 Å². The third-order valence-electron chi connectivity index (χ3n) is 8.15. The molecule has 222 valence electrons. The first-order valence-electron chi connectivity index (χ1n) is 15.0. The molecule has 0 bridgehead atoms. The van der Waals surface area contributed by atoms with Gasteiger partial charge in [0.25, 0.3) is 0 Å². The van der Waals surface area contributed by atoms with Gasteiger partial charge < -0.3 is 0 Å². The van der Waals surface area contributed by atoms with Gasteiger partial charge in [0, 0.05) is 29.3 Å². The van der Waals surface area contributed by atoms with Crippen LogP contribution in [0, 0.1) is 22.7 Å². The zero-order valence-electron chi connectivity index (χ0n) is 24.5. The Morgan fingerprint density at radius 3 is 1.47 bits per heavy atom. The van der Waals surface area contributed by atoms with Crippen LogP contribution < -0.4 is 10.4 Å². The number of unbranched alkanes of at least 4 members (excludes halogenated alkanes) is 6. The number of hydrogen-bond acceptors (Lipinski definition) is 6. The molecule has 2 nitrogen and oxygen atoms in total. The average molecular weight is 787 g/mol. The second-order valence-electron chi connectivity index (χ2n) is 11.0. The van der Waals surface area contributed by atoms with E-state index in [2.05, 4.69) is 82.1 Å². The molecule has 0 N–H and O–H groups in total. The molecule has 0 unspecified atom stereocenters. The summed E-state index contributed by atoms with van der Waals surface area (Å²) in [6, 6.07) is 20.5. The van der Waals surface area contributed by atoms with E-state index < -0.39 is 8.07 Å². The van der Waals surface area contributed by atoms with E-state index in [0.717, 1.165) is 28.5 Å². The topological polar surface area (TPSA) is 47.6 Å². The van der Waals surface area contributed by atoms with Crippen molar-refractivity contribution in [3.05, 3.63) is 63.5 Å². The second kappa shape index (κ2) is 15.1. The Kier molecular flexibility index (Phi) is 11.6. The van der Waals surface area contributed by atoms with Crippen LogP contribution in [0.1, 0.15) is 84.7 Å². The lowest BCUT2D eigenvalue weighted by molar-refractivity contribution is 0.684. The minimum atomic E-state index is -2.02. The molecule has 0 amide bonds. The number of nitrogens with zero attached hydrogens (tertiary/aromatic N) is 2. The number of nitriles is 2. The summed E-state index contributed by atoms with van der Waals surface area (Å²) in [5, 5.41) is 23.3. The first-order valence-corrected chi connectivity index (χ1v) is 22.2. The normalized spacial score (nSPS) is 14.0. The number of halogens is 2. The molecule has 0 spiro atoms. The molecule has 1 aliphatic heterocycles. The lowest BCUT2D eigenvalue weighted by Crippen LogP contribution is -2.54. The maximum absolute atomic E-state index is 10.1. The molecule has 4 aromatic heterocycles. The molecule has 9 heteroatoms. The van der Waals surface area contributed by atoms with Crippen molar-refractivity contribution in [2.45, 2.75) is 77.3 Å². The maximum Gasteiger partial charge on any atom is 0.122 e. The Bertz CT molecular complexity index is 1600. The van der Waals surface area contributed by atoms with E-state index in [-0.39, 0.29) is 0 Å². The van der Waals surface area contributed by atoms with Crippen LogP contribution in [0.25, 0.3) is 33.1 Å². The zero-order chi connectivity index (χ0) is 30.4. The standard InChI is InChI=1S/C34H34Br2N2S4Si/c1-3-5-7-9-15-43(16-10-8-6-4-2)29-19-25(17-23(21-37)27-11-13-31(35)41-27)39-33(29)34-30(43)20-26(40-34)18-24(22-38)28-12-14-32(36)42-28/h11-14,17-20H,3-10,15-16H2,1-2H3/b23-17+,24-18+. The molecular weight excluding hydrogens is 753 g/mol. The number of fused-ring (bicyclic) bond motifs is 3. The van der Waals surface area contributed by atoms with Gasteiger partial charge in [0.15, 0.2) is 0 Å². The fourth-order valence-corrected chi connectivity index (χ4v) is 18.1. The number of rotatable bonds is 14. The van der Waals surface area contributed by atoms with Crippen molar-refractivity contribution in [2.75, 3.05) is 0 Å². The van der Waals surface area contributed by atoms with Crippen molar-refractivity contribution in [1.82, 2.24) is 0 Å². The van der Waals surface area contributed by atoms with E-state index in [0.29, 0.717) is 0 Å². The van der Waals surface area contributed by atoms with Gasteiger partial charge in [-0.2, -0.15) is 10.5 Å². The number of thiophene rings is 4. The fourth-order valence-electron chi connectivity index (χ4n) is 6.05. The third-order valence-corrected chi connectivity index (χ3v) is 19.4. The summed E-state index contributed by atoms with van der Waals surface area (Å²) in [6.07, 6.45) is 14.4. The highest BCUT2D eigenvalue weighted by molar-refractivity contribution is 9.11. The molecule has 0 fully saturated rings. The van der Waals surface area contributed by atoms with Gasteiger partial charge >= 0.3 is 0 Å². The average Bonchev–Trinajstić information content (AvgIpc) is 3.82. The smallest absolute Gasteiger partial charge is 0.122 e. The Labute approximate surface area is 289 Å². The van der Waals surface area contributed by atoms with Crippen LogP contribution in [-0.2, 0) is 0 Å². The van der Waals surface area contributed by atoms with Crippen LogP contribution in [0.5, 0.6) is 0 Å². The van der Waals surface area contributed by atoms with Gasteiger partial charge in [0.2, 0.25) is 0 Å². The van der Waals surface area contributed by atoms with Gasteiger partial charge in [-0.15, -0.1) is 45.3 Å². The summed E-state index contributed by atoms with van der Waals surface area (Å²) in [5.41, 5.74) is 1.45. The minimum Gasteiger partial charge on any atom is -0.192 e. The van der Waals surface area contributed by atoms with Gasteiger partial charge in [-0.25, -0.2) is 0 Å². The van der Waals surface area contributed by atoms with Crippen molar-refractivity contribution < 1.29 is 0 Å². The van der Waals surface area contributed by atoms with E-state index in [1.807, 2.05) is 46.9 Å². The Morgan fingerprint density at radius 1 is 0.674 bits per heavy atom. The second-order valence-corrected chi connectivity index (χ2v) is 22.4. The van der Waals surface area contributed by atoms with Crippen LogP contribution >= 0.6 is 77.2 Å². The zero-order valence-corrected chi connectivity index (χ0v) is 31.9. The van der Waals surface area contributed by atoms with Crippen LogP contribution in [0.4, 0.5) is 0 Å². The summed E-state index contributed by atoms with van der Waals surface area (Å²) in [6.45, 7) is 4.58. The molecule has 5 rings (SSSR count). The lowest BCUT2D eigenvalue weighted by atomic mass is 10.2. The molecule has 0 radical (unpaired) electrons. The van der Waals surface area contributed by atoms with E-state index in [1.54, 1.807) is 33.0 Å². The molecular formula is C34H34Br2N2S4Si. The number of allylic oxidation sites excluding steroid dienone is 2. The monoisotopic (exact) mass is 784 g/mol. The first kappa shape index (κ1) is 32.8. The van der Waals surface area contributed by atoms with Gasteiger partial charge in [-0.1, -0.05) is 65.2 Å². The first-order chi connectivity index (χ1) is 20.9. The maximum atomic E-state index is 10.1. The van der Waals surface area contributed by atoms with Crippen LogP contribution in [-0.4, -0.2) is 8.07 Å². The van der Waals surface area contributed by atoms with E-state index >= 15 is 0 Å². The molecule has 1 aliphatic rings. The fraction of sp³-hybridized carbons (Fsp3) is 0.353. The van der Waals surface area contributed by atoms with E-state index in [9.17, 15) is 10.5 Å². The van der Waals surface area contributed by atoms with Crippen LogP contribution in [0.3, 0.4) is 0 Å². The number of hydrogen-bond donors (Lipinski definition) is 0. The molecule has 0 aliphatic carbocycles. The van der Waals surface area contributed by atoms with E-state index in [1.165, 1.54) is 83.0 Å². The Hall–Kier alpha value is -1.56. The van der Waals surface area contributed by atoms with Gasteiger partial charge in [-0.3, -0.25) is 0 Å². The predicted octanol–water partition coefficient (Wildman–Crippen LogP) is 12.3.